The highest BCUT2D eigenvalue weighted by atomic mass is 16.1. The van der Waals surface area contributed by atoms with Crippen molar-refractivity contribution < 1.29 is 4.79 Å². The van der Waals surface area contributed by atoms with Gasteiger partial charge in [0, 0.05) is 18.7 Å². The number of nitrogens with zero attached hydrogens (tertiary/aromatic N) is 3. The highest BCUT2D eigenvalue weighted by Gasteiger charge is 2.22. The van der Waals surface area contributed by atoms with Crippen LogP contribution in [0, 0.1) is 0 Å². The van der Waals surface area contributed by atoms with Gasteiger partial charge in [-0.15, -0.1) is 0 Å². The number of piperidine rings is 1. The Morgan fingerprint density at radius 3 is 2.59 bits per heavy atom. The molecule has 1 saturated heterocycles. The van der Waals surface area contributed by atoms with Gasteiger partial charge in [-0.1, -0.05) is 30.3 Å². The van der Waals surface area contributed by atoms with Gasteiger partial charge >= 0.3 is 0 Å². The fraction of sp³-hybridized carbons (Fsp3) is 0.364. The molecule has 27 heavy (non-hydrogen) atoms. The minimum absolute atomic E-state index is 0.0107. The molecule has 0 spiro atoms. The average molecular weight is 360 g/mol. The number of imidazole rings is 1. The lowest BCUT2D eigenvalue weighted by Crippen LogP contribution is -2.29. The molecule has 3 aromatic rings. The van der Waals surface area contributed by atoms with Gasteiger partial charge in [0.05, 0.1) is 16.6 Å². The molecular weight excluding hydrogens is 336 g/mol. The Morgan fingerprint density at radius 2 is 1.81 bits per heavy atom. The quantitative estimate of drug-likeness (QED) is 0.763. The van der Waals surface area contributed by atoms with Crippen molar-refractivity contribution in [2.75, 3.05) is 26.7 Å². The standard InChI is InChI=1S/C22H24N4O/c1-25-12-9-16(10-13-25)15-5-7-17(8-6-15)21-24-19-4-2-3-18-20(19)26(21)14-11-23-22(18)27/h2-8,16H,9-14H2,1H3,(H,23,27). The van der Waals surface area contributed by atoms with Gasteiger partial charge < -0.3 is 14.8 Å². The van der Waals surface area contributed by atoms with E-state index >= 15 is 0 Å². The zero-order valence-electron chi connectivity index (χ0n) is 15.6. The van der Waals surface area contributed by atoms with Crippen molar-refractivity contribution in [1.29, 1.82) is 0 Å². The van der Waals surface area contributed by atoms with Crippen LogP contribution in [0.25, 0.3) is 22.4 Å². The summed E-state index contributed by atoms with van der Waals surface area (Å²) in [4.78, 5) is 19.6. The lowest BCUT2D eigenvalue weighted by Gasteiger charge is -2.29. The van der Waals surface area contributed by atoms with Crippen molar-refractivity contribution in [3.63, 3.8) is 0 Å². The molecule has 0 radical (unpaired) electrons. The SMILES string of the molecule is CN1CCC(c2ccc(-c3nc4cccc5c4n3CCNC5=O)cc2)CC1. The van der Waals surface area contributed by atoms with Gasteiger partial charge in [0.15, 0.2) is 0 Å². The van der Waals surface area contributed by atoms with Crippen LogP contribution in [0.1, 0.15) is 34.7 Å². The molecule has 1 amide bonds. The number of aromatic nitrogens is 2. The second kappa shape index (κ2) is 6.50. The monoisotopic (exact) mass is 360 g/mol. The first-order chi connectivity index (χ1) is 13.2. The minimum atomic E-state index is -0.0107. The molecular formula is C22H24N4O. The molecule has 5 rings (SSSR count). The summed E-state index contributed by atoms with van der Waals surface area (Å²) >= 11 is 0. The Morgan fingerprint density at radius 1 is 1.04 bits per heavy atom. The van der Waals surface area contributed by atoms with Crippen LogP contribution in [0.3, 0.4) is 0 Å². The van der Waals surface area contributed by atoms with E-state index in [0.717, 1.165) is 29.0 Å². The van der Waals surface area contributed by atoms with Crippen molar-refractivity contribution in [1.82, 2.24) is 19.8 Å². The Bertz CT molecular complexity index is 997. The topological polar surface area (TPSA) is 50.2 Å². The first-order valence-corrected chi connectivity index (χ1v) is 9.77. The summed E-state index contributed by atoms with van der Waals surface area (Å²) in [5.41, 5.74) is 5.09. The van der Waals surface area contributed by atoms with Crippen molar-refractivity contribution in [3.8, 4) is 11.4 Å². The smallest absolute Gasteiger partial charge is 0.253 e. The number of nitrogens with one attached hydrogen (secondary N) is 1. The number of benzene rings is 2. The van der Waals surface area contributed by atoms with E-state index < -0.39 is 0 Å². The number of para-hydroxylation sites is 1. The zero-order chi connectivity index (χ0) is 18.4. The van der Waals surface area contributed by atoms with Crippen LogP contribution < -0.4 is 5.32 Å². The molecule has 1 fully saturated rings. The van der Waals surface area contributed by atoms with Gasteiger partial charge in [0.2, 0.25) is 0 Å². The van der Waals surface area contributed by atoms with Crippen LogP contribution in [-0.2, 0) is 6.54 Å². The summed E-state index contributed by atoms with van der Waals surface area (Å²) < 4.78 is 2.19. The molecule has 2 aliphatic heterocycles. The molecule has 0 unspecified atom stereocenters. The second-order valence-electron chi connectivity index (χ2n) is 7.72. The predicted octanol–water partition coefficient (Wildman–Crippen LogP) is 3.26. The van der Waals surface area contributed by atoms with Gasteiger partial charge in [0.1, 0.15) is 5.82 Å². The van der Waals surface area contributed by atoms with Crippen LogP contribution in [0.5, 0.6) is 0 Å². The number of hydrogen-bond acceptors (Lipinski definition) is 3. The van der Waals surface area contributed by atoms with Crippen LogP contribution in [0.15, 0.2) is 42.5 Å². The van der Waals surface area contributed by atoms with E-state index in [-0.39, 0.29) is 5.91 Å². The van der Waals surface area contributed by atoms with Gasteiger partial charge in [0.25, 0.3) is 5.91 Å². The Kier molecular flexibility index (Phi) is 3.97. The van der Waals surface area contributed by atoms with Gasteiger partial charge in [-0.2, -0.15) is 0 Å². The average Bonchev–Trinajstić information content (AvgIpc) is 2.98. The molecule has 5 nitrogen and oxygen atoms in total. The number of rotatable bonds is 2. The first kappa shape index (κ1) is 16.5. The van der Waals surface area contributed by atoms with Gasteiger partial charge in [-0.25, -0.2) is 4.98 Å². The summed E-state index contributed by atoms with van der Waals surface area (Å²) in [7, 11) is 2.20. The molecule has 5 heteroatoms. The Balaban J connectivity index is 1.53. The fourth-order valence-corrected chi connectivity index (χ4v) is 4.43. The summed E-state index contributed by atoms with van der Waals surface area (Å²) in [5, 5.41) is 2.98. The maximum absolute atomic E-state index is 12.3. The molecule has 2 aromatic carbocycles. The number of likely N-dealkylation sites (tertiary alicyclic amines) is 1. The number of amides is 1. The van der Waals surface area contributed by atoms with Crippen molar-refractivity contribution in [2.45, 2.75) is 25.3 Å². The summed E-state index contributed by atoms with van der Waals surface area (Å²) in [6, 6.07) is 14.7. The molecule has 2 aliphatic rings. The van der Waals surface area contributed by atoms with E-state index in [4.69, 9.17) is 4.98 Å². The molecule has 138 valence electrons. The highest BCUT2D eigenvalue weighted by Crippen LogP contribution is 2.31. The molecule has 0 aliphatic carbocycles. The van der Waals surface area contributed by atoms with Crippen LogP contribution in [0.4, 0.5) is 0 Å². The predicted molar refractivity (Wildman–Crippen MR) is 107 cm³/mol. The normalized spacial score (nSPS) is 18.5. The first-order valence-electron chi connectivity index (χ1n) is 9.77. The lowest BCUT2D eigenvalue weighted by atomic mass is 9.89. The Hall–Kier alpha value is -2.66. The third kappa shape index (κ3) is 2.82. The summed E-state index contributed by atoms with van der Waals surface area (Å²) in [5.74, 6) is 1.59. The third-order valence-electron chi connectivity index (χ3n) is 5.99. The van der Waals surface area contributed by atoms with Crippen LogP contribution >= 0.6 is 0 Å². The van der Waals surface area contributed by atoms with E-state index in [1.807, 2.05) is 18.2 Å². The fourth-order valence-electron chi connectivity index (χ4n) is 4.43. The van der Waals surface area contributed by atoms with E-state index in [2.05, 4.69) is 46.1 Å². The number of carbonyl (C=O) groups excluding carboxylic acids is 1. The molecule has 0 saturated carbocycles. The number of hydrogen-bond donors (Lipinski definition) is 1. The molecule has 0 atom stereocenters. The Labute approximate surface area is 159 Å². The molecule has 0 bridgehead atoms. The summed E-state index contributed by atoms with van der Waals surface area (Å²) in [6.07, 6.45) is 2.46. The van der Waals surface area contributed by atoms with E-state index in [0.29, 0.717) is 18.0 Å². The number of carbonyl (C=O) groups is 1. The van der Waals surface area contributed by atoms with E-state index in [1.165, 1.54) is 31.5 Å². The lowest BCUT2D eigenvalue weighted by molar-refractivity contribution is 0.0956. The zero-order valence-corrected chi connectivity index (χ0v) is 15.6. The van der Waals surface area contributed by atoms with Gasteiger partial charge in [-0.05, 0) is 56.6 Å². The van der Waals surface area contributed by atoms with Crippen molar-refractivity contribution in [2.24, 2.45) is 0 Å². The minimum Gasteiger partial charge on any atom is -0.350 e. The van der Waals surface area contributed by atoms with Crippen molar-refractivity contribution >= 4 is 16.9 Å². The molecule has 3 heterocycles. The molecule has 1 aromatic heterocycles. The summed E-state index contributed by atoms with van der Waals surface area (Å²) in [6.45, 7) is 3.71. The second-order valence-corrected chi connectivity index (χ2v) is 7.72. The van der Waals surface area contributed by atoms with E-state index in [9.17, 15) is 4.79 Å². The highest BCUT2D eigenvalue weighted by molar-refractivity contribution is 6.06. The largest absolute Gasteiger partial charge is 0.350 e. The van der Waals surface area contributed by atoms with Crippen molar-refractivity contribution in [3.05, 3.63) is 53.6 Å². The van der Waals surface area contributed by atoms with Crippen LogP contribution in [0.2, 0.25) is 0 Å². The maximum Gasteiger partial charge on any atom is 0.253 e. The van der Waals surface area contributed by atoms with E-state index in [1.54, 1.807) is 0 Å². The van der Waals surface area contributed by atoms with Crippen LogP contribution in [-0.4, -0.2) is 47.0 Å². The third-order valence-corrected chi connectivity index (χ3v) is 5.99. The maximum atomic E-state index is 12.3. The van der Waals surface area contributed by atoms with Gasteiger partial charge in [-0.3, -0.25) is 4.79 Å². The molecule has 1 N–H and O–H groups in total.